The third kappa shape index (κ3) is 3.07. The van der Waals surface area contributed by atoms with Crippen LogP contribution in [0.25, 0.3) is 11.1 Å². The summed E-state index contributed by atoms with van der Waals surface area (Å²) in [5.74, 6) is 0.392. The van der Waals surface area contributed by atoms with E-state index in [2.05, 4.69) is 37.1 Å². The Morgan fingerprint density at radius 1 is 1.29 bits per heavy atom. The lowest BCUT2D eigenvalue weighted by Gasteiger charge is -2.18. The highest BCUT2D eigenvalue weighted by Gasteiger charge is 2.16. The number of carbonyl (C=O) groups is 1. The van der Waals surface area contributed by atoms with Crippen molar-refractivity contribution in [2.24, 2.45) is 7.05 Å². The fourth-order valence-electron chi connectivity index (χ4n) is 2.62. The first kappa shape index (κ1) is 16.3. The molecule has 0 aliphatic rings. The van der Waals surface area contributed by atoms with Crippen LogP contribution in [0.1, 0.15) is 48.3 Å². The topological polar surface area (TPSA) is 60.1 Å². The molecule has 5 heteroatoms. The zero-order chi connectivity index (χ0) is 17.5. The van der Waals surface area contributed by atoms with Crippen molar-refractivity contribution >= 4 is 17.0 Å². The molecule has 0 aliphatic heterocycles. The van der Waals surface area contributed by atoms with Crippen LogP contribution in [0.2, 0.25) is 0 Å². The molecule has 0 fully saturated rings. The Balaban J connectivity index is 1.76. The maximum absolute atomic E-state index is 12.3. The van der Waals surface area contributed by atoms with Gasteiger partial charge in [0.05, 0.1) is 12.1 Å². The second kappa shape index (κ2) is 5.82. The number of nitrogens with one attached hydrogen (secondary N) is 1. The zero-order valence-corrected chi connectivity index (χ0v) is 14.8. The molecule has 0 atom stereocenters. The van der Waals surface area contributed by atoms with Crippen LogP contribution >= 0.6 is 0 Å². The van der Waals surface area contributed by atoms with E-state index in [4.69, 9.17) is 4.42 Å². The zero-order valence-electron chi connectivity index (χ0n) is 14.8. The van der Waals surface area contributed by atoms with Crippen molar-refractivity contribution in [3.8, 4) is 0 Å². The number of amides is 1. The van der Waals surface area contributed by atoms with Crippen LogP contribution in [0.15, 0.2) is 34.9 Å². The number of fused-ring (bicyclic) bond motifs is 1. The van der Waals surface area contributed by atoms with Gasteiger partial charge in [0.15, 0.2) is 5.58 Å². The number of aromatic nitrogens is 2. The van der Waals surface area contributed by atoms with E-state index < -0.39 is 0 Å². The van der Waals surface area contributed by atoms with Gasteiger partial charge in [-0.15, -0.1) is 0 Å². The first-order valence-electron chi connectivity index (χ1n) is 8.06. The average Bonchev–Trinajstić information content (AvgIpc) is 3.07. The van der Waals surface area contributed by atoms with Gasteiger partial charge in [0.2, 0.25) is 5.89 Å². The van der Waals surface area contributed by atoms with Crippen LogP contribution in [0.3, 0.4) is 0 Å². The molecular formula is C19H23N3O2. The van der Waals surface area contributed by atoms with E-state index >= 15 is 0 Å². The maximum atomic E-state index is 12.3. The number of hydrogen-bond acceptors (Lipinski definition) is 3. The Kier molecular flexibility index (Phi) is 3.95. The van der Waals surface area contributed by atoms with Crippen molar-refractivity contribution in [2.75, 3.05) is 0 Å². The van der Waals surface area contributed by atoms with E-state index in [0.717, 1.165) is 16.8 Å². The second-order valence-electron chi connectivity index (χ2n) is 7.15. The number of carbonyl (C=O) groups excluding carboxylic acids is 1. The average molecular weight is 325 g/mol. The number of oxazole rings is 1. The summed E-state index contributed by atoms with van der Waals surface area (Å²) < 4.78 is 7.65. The van der Waals surface area contributed by atoms with Gasteiger partial charge in [-0.1, -0.05) is 26.8 Å². The summed E-state index contributed by atoms with van der Waals surface area (Å²) in [4.78, 5) is 16.8. The summed E-state index contributed by atoms with van der Waals surface area (Å²) in [6.45, 7) is 8.68. The molecule has 1 aromatic carbocycles. The molecule has 1 N–H and O–H groups in total. The number of rotatable bonds is 3. The molecule has 5 nitrogen and oxygen atoms in total. The molecule has 0 unspecified atom stereocenters. The lowest BCUT2D eigenvalue weighted by molar-refractivity contribution is 0.0947. The fourth-order valence-corrected chi connectivity index (χ4v) is 2.62. The Morgan fingerprint density at radius 2 is 2.04 bits per heavy atom. The van der Waals surface area contributed by atoms with Gasteiger partial charge < -0.3 is 14.3 Å². The smallest absolute Gasteiger partial charge is 0.253 e. The summed E-state index contributed by atoms with van der Waals surface area (Å²) >= 11 is 0. The number of aryl methyl sites for hydroxylation is 1. The molecule has 126 valence electrons. The van der Waals surface area contributed by atoms with E-state index in [1.165, 1.54) is 5.56 Å². The molecule has 0 saturated carbocycles. The minimum Gasteiger partial charge on any atom is -0.439 e. The first-order chi connectivity index (χ1) is 11.3. The van der Waals surface area contributed by atoms with Gasteiger partial charge in [-0.25, -0.2) is 4.98 Å². The van der Waals surface area contributed by atoms with E-state index in [0.29, 0.717) is 11.5 Å². The maximum Gasteiger partial charge on any atom is 0.253 e. The highest BCUT2D eigenvalue weighted by molar-refractivity contribution is 5.95. The van der Waals surface area contributed by atoms with Crippen molar-refractivity contribution in [2.45, 2.75) is 39.7 Å². The summed E-state index contributed by atoms with van der Waals surface area (Å²) in [7, 11) is 1.92. The molecular weight excluding hydrogens is 302 g/mol. The van der Waals surface area contributed by atoms with Crippen molar-refractivity contribution < 1.29 is 9.21 Å². The SMILES string of the molecule is Cc1c(C(=O)NCc2nc3cc(C(C)(C)C)ccc3o2)ccn1C. The van der Waals surface area contributed by atoms with Gasteiger partial charge in [0.25, 0.3) is 5.91 Å². The molecule has 2 heterocycles. The van der Waals surface area contributed by atoms with Gasteiger partial charge in [-0.3, -0.25) is 4.79 Å². The van der Waals surface area contributed by atoms with Crippen LogP contribution in [-0.4, -0.2) is 15.5 Å². The summed E-state index contributed by atoms with van der Waals surface area (Å²) in [5.41, 5.74) is 4.43. The Hall–Kier alpha value is -2.56. The second-order valence-corrected chi connectivity index (χ2v) is 7.15. The monoisotopic (exact) mass is 325 g/mol. The molecule has 0 aliphatic carbocycles. The quantitative estimate of drug-likeness (QED) is 0.798. The number of hydrogen-bond donors (Lipinski definition) is 1. The minimum absolute atomic E-state index is 0.0619. The summed E-state index contributed by atoms with van der Waals surface area (Å²) in [5, 5.41) is 2.87. The van der Waals surface area contributed by atoms with Crippen molar-refractivity contribution in [3.63, 3.8) is 0 Å². The molecule has 3 rings (SSSR count). The lowest BCUT2D eigenvalue weighted by atomic mass is 9.87. The predicted molar refractivity (Wildman–Crippen MR) is 94.0 cm³/mol. The van der Waals surface area contributed by atoms with Gasteiger partial charge >= 0.3 is 0 Å². The largest absolute Gasteiger partial charge is 0.439 e. The Labute approximate surface area is 141 Å². The van der Waals surface area contributed by atoms with Crippen molar-refractivity contribution in [1.29, 1.82) is 0 Å². The molecule has 0 saturated heterocycles. The van der Waals surface area contributed by atoms with Crippen LogP contribution in [-0.2, 0) is 19.0 Å². The van der Waals surface area contributed by atoms with Crippen molar-refractivity contribution in [1.82, 2.24) is 14.9 Å². The molecule has 0 bridgehead atoms. The summed E-state index contributed by atoms with van der Waals surface area (Å²) in [6, 6.07) is 7.86. The molecule has 2 aromatic heterocycles. The van der Waals surface area contributed by atoms with Crippen LogP contribution in [0.4, 0.5) is 0 Å². The van der Waals surface area contributed by atoms with Gasteiger partial charge in [0.1, 0.15) is 5.52 Å². The standard InChI is InChI=1S/C19H23N3O2/c1-12-14(8-9-22(12)5)18(23)20-11-17-21-15-10-13(19(2,3)4)6-7-16(15)24-17/h6-10H,11H2,1-5H3,(H,20,23). The molecule has 0 radical (unpaired) electrons. The van der Waals surface area contributed by atoms with Crippen LogP contribution in [0, 0.1) is 6.92 Å². The first-order valence-corrected chi connectivity index (χ1v) is 8.06. The van der Waals surface area contributed by atoms with E-state index in [1.807, 2.05) is 42.9 Å². The van der Waals surface area contributed by atoms with Gasteiger partial charge in [-0.05, 0) is 36.1 Å². The number of benzene rings is 1. The molecule has 1 amide bonds. The predicted octanol–water partition coefficient (Wildman–Crippen LogP) is 3.70. The summed E-state index contributed by atoms with van der Waals surface area (Å²) in [6.07, 6.45) is 1.87. The highest BCUT2D eigenvalue weighted by atomic mass is 16.3. The van der Waals surface area contributed by atoms with E-state index in [9.17, 15) is 4.79 Å². The van der Waals surface area contributed by atoms with E-state index in [1.54, 1.807) is 0 Å². The highest BCUT2D eigenvalue weighted by Crippen LogP contribution is 2.26. The third-order valence-electron chi connectivity index (χ3n) is 4.33. The van der Waals surface area contributed by atoms with Gasteiger partial charge in [-0.2, -0.15) is 0 Å². The minimum atomic E-state index is -0.120. The van der Waals surface area contributed by atoms with Gasteiger partial charge in [0, 0.05) is 18.9 Å². The molecule has 24 heavy (non-hydrogen) atoms. The normalized spacial score (nSPS) is 11.9. The number of nitrogens with zero attached hydrogens (tertiary/aromatic N) is 2. The van der Waals surface area contributed by atoms with Crippen LogP contribution in [0.5, 0.6) is 0 Å². The Bertz CT molecular complexity index is 897. The Morgan fingerprint density at radius 3 is 2.67 bits per heavy atom. The fraction of sp³-hybridized carbons (Fsp3) is 0.368. The van der Waals surface area contributed by atoms with E-state index in [-0.39, 0.29) is 17.9 Å². The lowest BCUT2D eigenvalue weighted by Crippen LogP contribution is -2.23. The third-order valence-corrected chi connectivity index (χ3v) is 4.33. The van der Waals surface area contributed by atoms with Crippen molar-refractivity contribution in [3.05, 3.63) is 53.2 Å². The molecule has 3 aromatic rings. The van der Waals surface area contributed by atoms with Crippen LogP contribution < -0.4 is 5.32 Å². The molecule has 0 spiro atoms.